The summed E-state index contributed by atoms with van der Waals surface area (Å²) >= 11 is 2.01. The van der Waals surface area contributed by atoms with Crippen LogP contribution in [-0.2, 0) is 10.3 Å². The zero-order chi connectivity index (χ0) is 13.2. The highest BCUT2D eigenvalue weighted by molar-refractivity contribution is 7.10. The molecule has 20 heavy (non-hydrogen) atoms. The Morgan fingerprint density at radius 2 is 2.00 bits per heavy atom. The molecule has 3 heteroatoms. The molecule has 0 aromatic carbocycles. The standard InChI is InChI=1S/C17H23NOS/c1-2-4-15-13(3-1)16-14(7-10-20-16)17(19-15)11-18-8-5-12(17)6-9-18/h7,10,12-13,15H,1-6,8-9,11H2/t13-,15-,17-/m0/s1. The van der Waals surface area contributed by atoms with Gasteiger partial charge in [0, 0.05) is 17.3 Å². The molecule has 1 spiro atoms. The number of nitrogens with zero attached hydrogens (tertiary/aromatic N) is 1. The Bertz CT molecular complexity index is 519. The molecule has 0 radical (unpaired) electrons. The highest BCUT2D eigenvalue weighted by Crippen LogP contribution is 2.55. The van der Waals surface area contributed by atoms with Gasteiger partial charge in [-0.05, 0) is 61.7 Å². The van der Waals surface area contributed by atoms with Crippen LogP contribution in [0.15, 0.2) is 11.4 Å². The van der Waals surface area contributed by atoms with Crippen LogP contribution in [0.4, 0.5) is 0 Å². The van der Waals surface area contributed by atoms with E-state index >= 15 is 0 Å². The van der Waals surface area contributed by atoms with E-state index in [4.69, 9.17) is 4.74 Å². The Morgan fingerprint density at radius 3 is 2.80 bits per heavy atom. The lowest BCUT2D eigenvalue weighted by molar-refractivity contribution is -0.206. The molecular formula is C17H23NOS. The van der Waals surface area contributed by atoms with Crippen molar-refractivity contribution in [3.63, 3.8) is 0 Å². The Morgan fingerprint density at radius 1 is 1.15 bits per heavy atom. The van der Waals surface area contributed by atoms with E-state index in [-0.39, 0.29) is 5.60 Å². The summed E-state index contributed by atoms with van der Waals surface area (Å²) in [5.41, 5.74) is 1.64. The lowest BCUT2D eigenvalue weighted by Gasteiger charge is -2.57. The van der Waals surface area contributed by atoms with Crippen molar-refractivity contribution >= 4 is 11.3 Å². The maximum atomic E-state index is 6.90. The van der Waals surface area contributed by atoms with Crippen molar-refractivity contribution in [2.45, 2.75) is 56.1 Å². The quantitative estimate of drug-likeness (QED) is 0.721. The van der Waals surface area contributed by atoms with Crippen molar-refractivity contribution in [1.29, 1.82) is 0 Å². The van der Waals surface area contributed by atoms with Gasteiger partial charge in [-0.3, -0.25) is 0 Å². The van der Waals surface area contributed by atoms with Crippen molar-refractivity contribution in [3.05, 3.63) is 21.9 Å². The minimum atomic E-state index is 0.0599. The monoisotopic (exact) mass is 289 g/mol. The second kappa shape index (κ2) is 4.31. The second-order valence-electron chi connectivity index (χ2n) is 7.19. The van der Waals surface area contributed by atoms with Gasteiger partial charge < -0.3 is 9.64 Å². The molecule has 0 N–H and O–H groups in total. The summed E-state index contributed by atoms with van der Waals surface area (Å²) in [6.07, 6.45) is 8.59. The molecule has 0 unspecified atom stereocenters. The zero-order valence-corrected chi connectivity index (χ0v) is 12.8. The molecule has 108 valence electrons. The topological polar surface area (TPSA) is 12.5 Å². The smallest absolute Gasteiger partial charge is 0.110 e. The number of thiophene rings is 1. The predicted octanol–water partition coefficient (Wildman–Crippen LogP) is 3.73. The Kier molecular flexibility index (Phi) is 2.63. The lowest BCUT2D eigenvalue weighted by Crippen LogP contribution is -2.61. The predicted molar refractivity (Wildman–Crippen MR) is 81.2 cm³/mol. The van der Waals surface area contributed by atoms with E-state index in [0.717, 1.165) is 12.5 Å². The number of piperidine rings is 3. The maximum absolute atomic E-state index is 6.90. The van der Waals surface area contributed by atoms with Gasteiger partial charge in [-0.1, -0.05) is 12.8 Å². The molecule has 5 aliphatic rings. The number of ether oxygens (including phenoxy) is 1. The fourth-order valence-corrected chi connectivity index (χ4v) is 6.45. The summed E-state index contributed by atoms with van der Waals surface area (Å²) in [7, 11) is 0. The highest BCUT2D eigenvalue weighted by Gasteiger charge is 2.55. The Labute approximate surface area is 125 Å². The fourth-order valence-electron chi connectivity index (χ4n) is 5.29. The van der Waals surface area contributed by atoms with E-state index in [1.165, 1.54) is 51.6 Å². The fraction of sp³-hybridized carbons (Fsp3) is 0.765. The van der Waals surface area contributed by atoms with Gasteiger partial charge in [-0.15, -0.1) is 11.3 Å². The number of hydrogen-bond acceptors (Lipinski definition) is 3. The van der Waals surface area contributed by atoms with E-state index in [9.17, 15) is 0 Å². The van der Waals surface area contributed by atoms with Gasteiger partial charge in [0.2, 0.25) is 0 Å². The van der Waals surface area contributed by atoms with Crippen LogP contribution >= 0.6 is 11.3 Å². The third-order valence-corrected chi connectivity index (χ3v) is 7.31. The van der Waals surface area contributed by atoms with Gasteiger partial charge in [0.1, 0.15) is 5.60 Å². The van der Waals surface area contributed by atoms with Gasteiger partial charge in [0.15, 0.2) is 0 Å². The van der Waals surface area contributed by atoms with Crippen molar-refractivity contribution < 1.29 is 4.74 Å². The summed E-state index contributed by atoms with van der Waals surface area (Å²) in [4.78, 5) is 4.33. The van der Waals surface area contributed by atoms with Crippen molar-refractivity contribution in [2.24, 2.45) is 5.92 Å². The van der Waals surface area contributed by atoms with Crippen molar-refractivity contribution in [1.82, 2.24) is 4.90 Å². The van der Waals surface area contributed by atoms with E-state index in [1.54, 1.807) is 10.4 Å². The first-order chi connectivity index (χ1) is 9.87. The molecule has 1 aromatic heterocycles. The molecule has 5 heterocycles. The van der Waals surface area contributed by atoms with Crippen LogP contribution in [0.2, 0.25) is 0 Å². The lowest BCUT2D eigenvalue weighted by atomic mass is 9.67. The van der Waals surface area contributed by atoms with Crippen LogP contribution in [0.1, 0.15) is 54.9 Å². The summed E-state index contributed by atoms with van der Waals surface area (Å²) in [6, 6.07) is 2.40. The molecule has 1 aliphatic carbocycles. The molecule has 3 atom stereocenters. The molecule has 2 nitrogen and oxygen atoms in total. The highest BCUT2D eigenvalue weighted by atomic mass is 32.1. The van der Waals surface area contributed by atoms with Gasteiger partial charge in [-0.2, -0.15) is 0 Å². The number of rotatable bonds is 0. The minimum Gasteiger partial charge on any atom is -0.365 e. The molecular weight excluding hydrogens is 266 g/mol. The van der Waals surface area contributed by atoms with E-state index in [2.05, 4.69) is 16.3 Å². The average molecular weight is 289 g/mol. The first kappa shape index (κ1) is 12.2. The molecule has 6 rings (SSSR count). The SMILES string of the molecule is c1cc2c(s1)[C@H]1CCCC[C@@H]1O[C@]21CN2CCC1CC2. The first-order valence-electron chi connectivity index (χ1n) is 8.35. The zero-order valence-electron chi connectivity index (χ0n) is 12.0. The molecule has 0 amide bonds. The molecule has 1 aromatic rings. The Hall–Kier alpha value is -0.380. The second-order valence-corrected chi connectivity index (χ2v) is 8.13. The average Bonchev–Trinajstić information content (AvgIpc) is 2.99. The third kappa shape index (κ3) is 1.52. The van der Waals surface area contributed by atoms with Crippen LogP contribution in [0.25, 0.3) is 0 Å². The number of fused-ring (bicyclic) bond motifs is 5. The van der Waals surface area contributed by atoms with Crippen LogP contribution in [0.3, 0.4) is 0 Å². The molecule has 1 saturated carbocycles. The third-order valence-electron chi connectivity index (χ3n) is 6.26. The molecule has 4 fully saturated rings. The van der Waals surface area contributed by atoms with Crippen molar-refractivity contribution in [2.75, 3.05) is 19.6 Å². The van der Waals surface area contributed by atoms with Gasteiger partial charge >= 0.3 is 0 Å². The van der Waals surface area contributed by atoms with Crippen LogP contribution < -0.4 is 0 Å². The van der Waals surface area contributed by atoms with Gasteiger partial charge in [0.25, 0.3) is 0 Å². The van der Waals surface area contributed by atoms with E-state index in [0.29, 0.717) is 12.0 Å². The first-order valence-corrected chi connectivity index (χ1v) is 9.23. The summed E-state index contributed by atoms with van der Waals surface area (Å²) in [5.74, 6) is 1.48. The number of hydrogen-bond donors (Lipinski definition) is 0. The maximum Gasteiger partial charge on any atom is 0.110 e. The van der Waals surface area contributed by atoms with Gasteiger partial charge in [-0.25, -0.2) is 0 Å². The van der Waals surface area contributed by atoms with Crippen molar-refractivity contribution in [3.8, 4) is 0 Å². The van der Waals surface area contributed by atoms with Crippen LogP contribution in [-0.4, -0.2) is 30.6 Å². The summed E-state index contributed by atoms with van der Waals surface area (Å²) in [5, 5.41) is 2.32. The Balaban J connectivity index is 1.63. The normalized spacial score (nSPS) is 46.2. The summed E-state index contributed by atoms with van der Waals surface area (Å²) in [6.45, 7) is 3.75. The van der Waals surface area contributed by atoms with E-state index in [1.807, 2.05) is 11.3 Å². The molecule has 3 saturated heterocycles. The molecule has 4 aliphatic heterocycles. The summed E-state index contributed by atoms with van der Waals surface area (Å²) < 4.78 is 6.90. The van der Waals surface area contributed by atoms with E-state index < -0.39 is 0 Å². The van der Waals surface area contributed by atoms with Crippen LogP contribution in [0, 0.1) is 5.92 Å². The molecule has 2 bridgehead atoms. The minimum absolute atomic E-state index is 0.0599. The van der Waals surface area contributed by atoms with Gasteiger partial charge in [0.05, 0.1) is 6.10 Å². The van der Waals surface area contributed by atoms with Crippen LogP contribution in [0.5, 0.6) is 0 Å². The largest absolute Gasteiger partial charge is 0.365 e.